The van der Waals surface area contributed by atoms with E-state index >= 15 is 0 Å². The minimum Gasteiger partial charge on any atom is -0.459 e. The van der Waals surface area contributed by atoms with Crippen LogP contribution in [0.4, 0.5) is 0 Å². The third-order valence-electron chi connectivity index (χ3n) is 4.16. The summed E-state index contributed by atoms with van der Waals surface area (Å²) in [5.41, 5.74) is 3.73. The number of rotatable bonds is 5. The smallest absolute Gasteiger partial charge is 0.290 e. The third-order valence-corrected chi connectivity index (χ3v) is 5.08. The molecule has 22 heavy (non-hydrogen) atoms. The van der Waals surface area contributed by atoms with Gasteiger partial charge in [0.1, 0.15) is 0 Å². The molecule has 3 heterocycles. The molecule has 1 aliphatic rings. The van der Waals surface area contributed by atoms with Gasteiger partial charge in [-0.05, 0) is 45.3 Å². The Balaban J connectivity index is 1.80. The van der Waals surface area contributed by atoms with Crippen molar-refractivity contribution in [2.45, 2.75) is 26.8 Å². The third kappa shape index (κ3) is 3.23. The average Bonchev–Trinajstić information content (AvgIpc) is 3.22. The maximum absolute atomic E-state index is 12.8. The van der Waals surface area contributed by atoms with Gasteiger partial charge in [-0.3, -0.25) is 4.79 Å². The first kappa shape index (κ1) is 15.2. The Hall–Kier alpha value is -1.66. The molecule has 1 saturated heterocycles. The first-order chi connectivity index (χ1) is 10.6. The molecule has 2 aromatic rings. The highest BCUT2D eigenvalue weighted by Crippen LogP contribution is 2.21. The van der Waals surface area contributed by atoms with Gasteiger partial charge in [0.25, 0.3) is 5.91 Å². The number of carbonyl (C=O) groups excluding carboxylic acids is 1. The monoisotopic (exact) mass is 319 g/mol. The molecule has 5 nitrogen and oxygen atoms in total. The molecule has 1 aliphatic heterocycles. The molecule has 1 N–H and O–H groups in total. The fourth-order valence-corrected chi connectivity index (χ4v) is 3.58. The highest BCUT2D eigenvalue weighted by atomic mass is 32.1. The molecule has 2 aromatic heterocycles. The van der Waals surface area contributed by atoms with Crippen LogP contribution in [0.3, 0.4) is 0 Å². The standard InChI is InChI=1S/C16H21N3O2S/c1-11-4-6-21-15(11)16(20)19(8-13-3-5-17-7-13)9-14-12(2)18-10-22-14/h4,6,10,13,17H,3,5,7-9H2,1-2H3/t13-/m1/s1. The van der Waals surface area contributed by atoms with Crippen LogP contribution < -0.4 is 5.32 Å². The van der Waals surface area contributed by atoms with Crippen molar-refractivity contribution < 1.29 is 9.21 Å². The predicted octanol–water partition coefficient (Wildman–Crippen LogP) is 2.60. The van der Waals surface area contributed by atoms with Gasteiger partial charge in [0.2, 0.25) is 0 Å². The van der Waals surface area contributed by atoms with E-state index in [4.69, 9.17) is 4.42 Å². The Bertz CT molecular complexity index is 643. The first-order valence-corrected chi connectivity index (χ1v) is 8.46. The van der Waals surface area contributed by atoms with Gasteiger partial charge in [-0.1, -0.05) is 0 Å². The zero-order valence-corrected chi connectivity index (χ0v) is 13.8. The van der Waals surface area contributed by atoms with Crippen molar-refractivity contribution in [2.24, 2.45) is 5.92 Å². The lowest BCUT2D eigenvalue weighted by Crippen LogP contribution is -2.35. The molecule has 1 atom stereocenters. The maximum atomic E-state index is 12.8. The fourth-order valence-electron chi connectivity index (χ4n) is 2.79. The molecule has 1 fully saturated rings. The zero-order chi connectivity index (χ0) is 15.5. The van der Waals surface area contributed by atoms with Crippen LogP contribution in [-0.4, -0.2) is 35.4 Å². The van der Waals surface area contributed by atoms with Crippen molar-refractivity contribution in [1.29, 1.82) is 0 Å². The quantitative estimate of drug-likeness (QED) is 0.920. The summed E-state index contributed by atoms with van der Waals surface area (Å²) in [6.07, 6.45) is 2.69. The van der Waals surface area contributed by atoms with E-state index in [1.54, 1.807) is 17.6 Å². The largest absolute Gasteiger partial charge is 0.459 e. The Morgan fingerprint density at radius 3 is 3.00 bits per heavy atom. The minimum atomic E-state index is -0.0257. The topological polar surface area (TPSA) is 58.4 Å². The van der Waals surface area contributed by atoms with E-state index in [2.05, 4.69) is 10.3 Å². The molecular formula is C16H21N3O2S. The molecular weight excluding hydrogens is 298 g/mol. The summed E-state index contributed by atoms with van der Waals surface area (Å²) in [6.45, 7) is 7.26. The number of furan rings is 1. The Kier molecular flexibility index (Phi) is 4.59. The van der Waals surface area contributed by atoms with Gasteiger partial charge in [0.05, 0.1) is 24.0 Å². The van der Waals surface area contributed by atoms with Gasteiger partial charge in [-0.2, -0.15) is 0 Å². The van der Waals surface area contributed by atoms with Gasteiger partial charge in [0, 0.05) is 17.0 Å². The Labute approximate surface area is 134 Å². The van der Waals surface area contributed by atoms with Crippen LogP contribution in [0.15, 0.2) is 22.3 Å². The summed E-state index contributed by atoms with van der Waals surface area (Å²) in [7, 11) is 0. The second-order valence-corrected chi connectivity index (χ2v) is 6.78. The van der Waals surface area contributed by atoms with Crippen LogP contribution in [-0.2, 0) is 6.54 Å². The summed E-state index contributed by atoms with van der Waals surface area (Å²) in [5, 5.41) is 3.36. The number of hydrogen-bond acceptors (Lipinski definition) is 5. The number of amides is 1. The zero-order valence-electron chi connectivity index (χ0n) is 13.0. The van der Waals surface area contributed by atoms with Gasteiger partial charge in [-0.25, -0.2) is 4.98 Å². The lowest BCUT2D eigenvalue weighted by molar-refractivity contribution is 0.0687. The predicted molar refractivity (Wildman–Crippen MR) is 86.0 cm³/mol. The van der Waals surface area contributed by atoms with E-state index < -0.39 is 0 Å². The van der Waals surface area contributed by atoms with Crippen molar-refractivity contribution in [3.8, 4) is 0 Å². The summed E-state index contributed by atoms with van der Waals surface area (Å²) in [4.78, 5) is 20.2. The molecule has 0 aromatic carbocycles. The van der Waals surface area contributed by atoms with Crippen molar-refractivity contribution >= 4 is 17.2 Å². The Morgan fingerprint density at radius 1 is 1.55 bits per heavy atom. The van der Waals surface area contributed by atoms with Crippen molar-refractivity contribution in [1.82, 2.24) is 15.2 Å². The van der Waals surface area contributed by atoms with Crippen LogP contribution in [0.25, 0.3) is 0 Å². The van der Waals surface area contributed by atoms with E-state index in [0.717, 1.165) is 42.2 Å². The van der Waals surface area contributed by atoms with E-state index in [1.807, 2.05) is 30.3 Å². The maximum Gasteiger partial charge on any atom is 0.290 e. The molecule has 0 unspecified atom stereocenters. The van der Waals surface area contributed by atoms with Gasteiger partial charge >= 0.3 is 0 Å². The molecule has 118 valence electrons. The second-order valence-electron chi connectivity index (χ2n) is 5.84. The van der Waals surface area contributed by atoms with Crippen molar-refractivity contribution in [3.05, 3.63) is 39.7 Å². The Morgan fingerprint density at radius 2 is 2.41 bits per heavy atom. The SMILES string of the molecule is Cc1ccoc1C(=O)N(Cc1scnc1C)C[C@@H]1CCNC1. The first-order valence-electron chi connectivity index (χ1n) is 7.58. The molecule has 0 spiro atoms. The minimum absolute atomic E-state index is 0.0257. The number of aryl methyl sites for hydroxylation is 2. The number of thiazole rings is 1. The summed E-state index contributed by atoms with van der Waals surface area (Å²) in [5.74, 6) is 0.933. The second kappa shape index (κ2) is 6.62. The van der Waals surface area contributed by atoms with Crippen LogP contribution >= 0.6 is 11.3 Å². The normalized spacial score (nSPS) is 17.8. The average molecular weight is 319 g/mol. The highest BCUT2D eigenvalue weighted by Gasteiger charge is 2.26. The van der Waals surface area contributed by atoms with Crippen LogP contribution in [0, 0.1) is 19.8 Å². The molecule has 0 aliphatic carbocycles. The van der Waals surface area contributed by atoms with E-state index in [-0.39, 0.29) is 5.91 Å². The lowest BCUT2D eigenvalue weighted by atomic mass is 10.1. The molecule has 0 bridgehead atoms. The number of nitrogens with one attached hydrogen (secondary N) is 1. The van der Waals surface area contributed by atoms with E-state index in [0.29, 0.717) is 18.2 Å². The van der Waals surface area contributed by atoms with Gasteiger partial charge < -0.3 is 14.6 Å². The number of aromatic nitrogens is 1. The lowest BCUT2D eigenvalue weighted by Gasteiger charge is -2.24. The number of nitrogens with zero attached hydrogens (tertiary/aromatic N) is 2. The van der Waals surface area contributed by atoms with Crippen LogP contribution in [0.1, 0.15) is 33.1 Å². The van der Waals surface area contributed by atoms with Crippen molar-refractivity contribution in [2.75, 3.05) is 19.6 Å². The van der Waals surface area contributed by atoms with E-state index in [9.17, 15) is 4.79 Å². The fraction of sp³-hybridized carbons (Fsp3) is 0.500. The van der Waals surface area contributed by atoms with Crippen LogP contribution in [0.5, 0.6) is 0 Å². The summed E-state index contributed by atoms with van der Waals surface area (Å²) < 4.78 is 5.40. The van der Waals surface area contributed by atoms with E-state index in [1.165, 1.54) is 0 Å². The molecule has 6 heteroatoms. The molecule has 0 saturated carbocycles. The number of hydrogen-bond donors (Lipinski definition) is 1. The molecule has 1 amide bonds. The molecule has 0 radical (unpaired) electrons. The summed E-state index contributed by atoms with van der Waals surface area (Å²) in [6, 6.07) is 1.83. The number of carbonyl (C=O) groups is 1. The van der Waals surface area contributed by atoms with Crippen LogP contribution in [0.2, 0.25) is 0 Å². The molecule has 3 rings (SSSR count). The van der Waals surface area contributed by atoms with Crippen molar-refractivity contribution in [3.63, 3.8) is 0 Å². The highest BCUT2D eigenvalue weighted by molar-refractivity contribution is 7.09. The van der Waals surface area contributed by atoms with Gasteiger partial charge in [0.15, 0.2) is 5.76 Å². The van der Waals surface area contributed by atoms with Gasteiger partial charge in [-0.15, -0.1) is 11.3 Å². The summed E-state index contributed by atoms with van der Waals surface area (Å²) >= 11 is 1.60.